The zero-order chi connectivity index (χ0) is 18.8. The summed E-state index contributed by atoms with van der Waals surface area (Å²) in [7, 11) is 2.10. The van der Waals surface area contributed by atoms with E-state index in [1.54, 1.807) is 10.9 Å². The first-order chi connectivity index (χ1) is 12.3. The van der Waals surface area contributed by atoms with Gasteiger partial charge in [0.25, 0.3) is 11.9 Å². The zero-order valence-corrected chi connectivity index (χ0v) is 16.4. The molecule has 1 aliphatic heterocycles. The van der Waals surface area contributed by atoms with Crippen LogP contribution in [0, 0.1) is 13.8 Å². The van der Waals surface area contributed by atoms with Gasteiger partial charge < -0.3 is 9.80 Å². The van der Waals surface area contributed by atoms with Crippen LogP contribution in [0.3, 0.4) is 0 Å². The number of rotatable bonds is 3. The van der Waals surface area contributed by atoms with Crippen LogP contribution < -0.4 is 0 Å². The lowest BCUT2D eigenvalue weighted by atomic mass is 10.1. The highest BCUT2D eigenvalue weighted by Crippen LogP contribution is 2.21. The topological polar surface area (TPSA) is 67.2 Å². The fourth-order valence-corrected chi connectivity index (χ4v) is 3.31. The minimum Gasteiger partial charge on any atom is -0.337 e. The number of carbonyl (C=O) groups is 1. The monoisotopic (exact) mass is 356 g/mol. The maximum atomic E-state index is 13.2. The van der Waals surface area contributed by atoms with E-state index in [9.17, 15) is 4.79 Å². The van der Waals surface area contributed by atoms with Crippen molar-refractivity contribution >= 4 is 5.91 Å². The molecule has 1 aliphatic rings. The molecule has 3 heterocycles. The van der Waals surface area contributed by atoms with E-state index in [1.807, 2.05) is 24.8 Å². The van der Waals surface area contributed by atoms with Crippen LogP contribution >= 0.6 is 0 Å². The Hall–Kier alpha value is -2.28. The maximum Gasteiger partial charge on any atom is 0.257 e. The number of aryl methyl sites for hydroxylation is 2. The van der Waals surface area contributed by atoms with Crippen molar-refractivity contribution in [1.29, 1.82) is 0 Å². The fraction of sp³-hybridized carbons (Fsp3) is 0.579. The van der Waals surface area contributed by atoms with Crippen molar-refractivity contribution in [2.45, 2.75) is 40.0 Å². The van der Waals surface area contributed by atoms with E-state index in [2.05, 4.69) is 40.9 Å². The van der Waals surface area contributed by atoms with Crippen LogP contribution in [0.15, 0.2) is 12.3 Å². The lowest BCUT2D eigenvalue weighted by Crippen LogP contribution is -2.34. The number of hydrogen-bond donors (Lipinski definition) is 0. The summed E-state index contributed by atoms with van der Waals surface area (Å²) in [4.78, 5) is 26.3. The predicted octanol–water partition coefficient (Wildman–Crippen LogP) is 2.18. The van der Waals surface area contributed by atoms with E-state index in [4.69, 9.17) is 0 Å². The summed E-state index contributed by atoms with van der Waals surface area (Å²) in [5, 5.41) is 4.65. The molecule has 0 bridgehead atoms. The smallest absolute Gasteiger partial charge is 0.257 e. The quantitative estimate of drug-likeness (QED) is 0.843. The highest BCUT2D eigenvalue weighted by atomic mass is 16.2. The van der Waals surface area contributed by atoms with Gasteiger partial charge >= 0.3 is 0 Å². The second kappa shape index (κ2) is 7.53. The molecule has 2 aromatic rings. The summed E-state index contributed by atoms with van der Waals surface area (Å²) in [6.07, 6.45) is 2.79. The molecule has 7 heteroatoms. The lowest BCUT2D eigenvalue weighted by molar-refractivity contribution is 0.0761. The van der Waals surface area contributed by atoms with Crippen LogP contribution in [0.4, 0.5) is 0 Å². The minimum absolute atomic E-state index is 0.0552. The average Bonchev–Trinajstić information content (AvgIpc) is 2.91. The van der Waals surface area contributed by atoms with Gasteiger partial charge in [0.15, 0.2) is 0 Å². The Kier molecular flexibility index (Phi) is 5.36. The van der Waals surface area contributed by atoms with Crippen LogP contribution in [-0.4, -0.2) is 68.7 Å². The van der Waals surface area contributed by atoms with Gasteiger partial charge in [0, 0.05) is 37.2 Å². The number of carbonyl (C=O) groups excluding carboxylic acids is 1. The van der Waals surface area contributed by atoms with Crippen molar-refractivity contribution in [2.75, 3.05) is 33.2 Å². The van der Waals surface area contributed by atoms with Gasteiger partial charge in [-0.1, -0.05) is 13.8 Å². The molecule has 0 aliphatic carbocycles. The van der Waals surface area contributed by atoms with Crippen molar-refractivity contribution in [3.63, 3.8) is 0 Å². The molecule has 0 spiro atoms. The van der Waals surface area contributed by atoms with Gasteiger partial charge in [-0.25, -0.2) is 14.6 Å². The van der Waals surface area contributed by atoms with E-state index < -0.39 is 0 Å². The zero-order valence-electron chi connectivity index (χ0n) is 16.4. The molecule has 0 atom stereocenters. The summed E-state index contributed by atoms with van der Waals surface area (Å²) in [6.45, 7) is 11.4. The molecule has 0 unspecified atom stereocenters. The number of hydrogen-bond acceptors (Lipinski definition) is 5. The predicted molar refractivity (Wildman–Crippen MR) is 101 cm³/mol. The number of amides is 1. The highest BCUT2D eigenvalue weighted by Gasteiger charge is 2.25. The van der Waals surface area contributed by atoms with E-state index in [-0.39, 0.29) is 11.8 Å². The lowest BCUT2D eigenvalue weighted by Gasteiger charge is -2.20. The molecule has 0 saturated carbocycles. The first-order valence-corrected chi connectivity index (χ1v) is 9.25. The van der Waals surface area contributed by atoms with E-state index in [1.165, 1.54) is 0 Å². The van der Waals surface area contributed by atoms with Crippen molar-refractivity contribution in [2.24, 2.45) is 0 Å². The van der Waals surface area contributed by atoms with Crippen molar-refractivity contribution in [1.82, 2.24) is 29.5 Å². The van der Waals surface area contributed by atoms with Crippen LogP contribution in [0.25, 0.3) is 5.95 Å². The third kappa shape index (κ3) is 3.93. The highest BCUT2D eigenvalue weighted by molar-refractivity contribution is 5.95. The molecular formula is C19H28N6O. The van der Waals surface area contributed by atoms with Gasteiger partial charge in [0.05, 0.1) is 11.3 Å². The first-order valence-electron chi connectivity index (χ1n) is 9.25. The Morgan fingerprint density at radius 1 is 1.08 bits per heavy atom. The van der Waals surface area contributed by atoms with Gasteiger partial charge in [-0.05, 0) is 45.8 Å². The summed E-state index contributed by atoms with van der Waals surface area (Å²) >= 11 is 0. The number of nitrogens with zero attached hydrogens (tertiary/aromatic N) is 6. The van der Waals surface area contributed by atoms with Crippen molar-refractivity contribution in [3.05, 3.63) is 34.9 Å². The van der Waals surface area contributed by atoms with Crippen molar-refractivity contribution in [3.8, 4) is 5.95 Å². The second-order valence-corrected chi connectivity index (χ2v) is 7.43. The normalized spacial score (nSPS) is 16.2. The summed E-state index contributed by atoms with van der Waals surface area (Å²) in [5.74, 6) is 0.717. The molecule has 7 nitrogen and oxygen atoms in total. The summed E-state index contributed by atoms with van der Waals surface area (Å²) < 4.78 is 1.65. The summed E-state index contributed by atoms with van der Waals surface area (Å²) in [6, 6.07) is 1.93. The Labute approximate surface area is 155 Å². The molecule has 0 aromatic carbocycles. The molecule has 1 saturated heterocycles. The van der Waals surface area contributed by atoms with Crippen molar-refractivity contribution < 1.29 is 4.79 Å². The minimum atomic E-state index is 0.0552. The van der Waals surface area contributed by atoms with Gasteiger partial charge in [-0.2, -0.15) is 5.10 Å². The van der Waals surface area contributed by atoms with Gasteiger partial charge in [-0.15, -0.1) is 0 Å². The maximum absolute atomic E-state index is 13.2. The molecule has 1 amide bonds. The Balaban J connectivity index is 1.96. The number of aromatic nitrogens is 4. The Bertz CT molecular complexity index is 777. The van der Waals surface area contributed by atoms with E-state index in [0.717, 1.165) is 49.7 Å². The standard InChI is InChI=1S/C19H28N6O/c1-13(2)17-16(18(26)24-8-6-7-23(5)9-10-24)12-25(22-17)19-20-14(3)11-15(4)21-19/h11-13H,6-10H2,1-5H3. The molecule has 0 radical (unpaired) electrons. The Morgan fingerprint density at radius 3 is 2.42 bits per heavy atom. The molecule has 140 valence electrons. The molecule has 2 aromatic heterocycles. The second-order valence-electron chi connectivity index (χ2n) is 7.43. The van der Waals surface area contributed by atoms with Gasteiger partial charge in [-0.3, -0.25) is 4.79 Å². The SMILES string of the molecule is Cc1cc(C)nc(-n2cc(C(=O)N3CCCN(C)CC3)c(C(C)C)n2)n1. The van der Waals surface area contributed by atoms with Crippen LogP contribution in [-0.2, 0) is 0 Å². The Morgan fingerprint density at radius 2 is 1.77 bits per heavy atom. The third-order valence-electron chi connectivity index (χ3n) is 4.70. The van der Waals surface area contributed by atoms with Crippen LogP contribution in [0.5, 0.6) is 0 Å². The summed E-state index contributed by atoms with van der Waals surface area (Å²) in [5.41, 5.74) is 3.23. The fourth-order valence-electron chi connectivity index (χ4n) is 3.31. The molecule has 1 fully saturated rings. The largest absolute Gasteiger partial charge is 0.337 e. The average molecular weight is 356 g/mol. The molecule has 3 rings (SSSR count). The van der Waals surface area contributed by atoms with E-state index >= 15 is 0 Å². The van der Waals surface area contributed by atoms with Crippen LogP contribution in [0.1, 0.15) is 53.6 Å². The third-order valence-corrected chi connectivity index (χ3v) is 4.70. The number of likely N-dealkylation sites (N-methyl/N-ethyl adjacent to an activating group) is 1. The first kappa shape index (κ1) is 18.5. The van der Waals surface area contributed by atoms with Gasteiger partial charge in [0.1, 0.15) is 0 Å². The molecule has 26 heavy (non-hydrogen) atoms. The molecular weight excluding hydrogens is 328 g/mol. The molecule has 0 N–H and O–H groups in total. The van der Waals surface area contributed by atoms with Gasteiger partial charge in [0.2, 0.25) is 0 Å². The van der Waals surface area contributed by atoms with E-state index in [0.29, 0.717) is 11.5 Å². The van der Waals surface area contributed by atoms with Crippen LogP contribution in [0.2, 0.25) is 0 Å².